The zero-order valence-electron chi connectivity index (χ0n) is 9.79. The van der Waals surface area contributed by atoms with Gasteiger partial charge in [0.2, 0.25) is 0 Å². The molecule has 0 fully saturated rings. The molecular formula is C12H13N3O3. The molecule has 2 rings (SSSR count). The summed E-state index contributed by atoms with van der Waals surface area (Å²) in [6, 6.07) is 3.73. The summed E-state index contributed by atoms with van der Waals surface area (Å²) in [5.74, 6) is 0.0196. The molecule has 0 radical (unpaired) electrons. The van der Waals surface area contributed by atoms with Gasteiger partial charge in [0.25, 0.3) is 5.91 Å². The van der Waals surface area contributed by atoms with Gasteiger partial charge in [0.1, 0.15) is 17.3 Å². The topological polar surface area (TPSA) is 87.4 Å². The summed E-state index contributed by atoms with van der Waals surface area (Å²) in [5, 5.41) is 21.2. The Morgan fingerprint density at radius 1 is 1.33 bits per heavy atom. The number of amides is 1. The monoisotopic (exact) mass is 247 g/mol. The number of imidazole rings is 1. The van der Waals surface area contributed by atoms with Crippen molar-refractivity contribution >= 4 is 5.91 Å². The summed E-state index contributed by atoms with van der Waals surface area (Å²) in [5.41, 5.74) is 0.196. The van der Waals surface area contributed by atoms with Crippen LogP contribution in [-0.4, -0.2) is 25.7 Å². The summed E-state index contributed by atoms with van der Waals surface area (Å²) >= 11 is 0. The maximum Gasteiger partial charge on any atom is 0.251 e. The average molecular weight is 247 g/mol. The highest BCUT2D eigenvalue weighted by Gasteiger charge is 2.09. The largest absolute Gasteiger partial charge is 0.508 e. The molecule has 0 saturated heterocycles. The van der Waals surface area contributed by atoms with Gasteiger partial charge in [-0.3, -0.25) is 4.79 Å². The van der Waals surface area contributed by atoms with Gasteiger partial charge in [0, 0.05) is 31.1 Å². The van der Waals surface area contributed by atoms with Gasteiger partial charge in [-0.2, -0.15) is 0 Å². The predicted molar refractivity (Wildman–Crippen MR) is 64.1 cm³/mol. The molecule has 1 aromatic heterocycles. The minimum Gasteiger partial charge on any atom is -0.508 e. The third-order valence-corrected chi connectivity index (χ3v) is 2.49. The van der Waals surface area contributed by atoms with Crippen LogP contribution in [0.4, 0.5) is 0 Å². The molecule has 6 heteroatoms. The number of rotatable bonds is 3. The number of aromatic hydroxyl groups is 2. The number of aryl methyl sites for hydroxylation is 1. The Hall–Kier alpha value is -2.50. The van der Waals surface area contributed by atoms with Crippen LogP contribution in [0, 0.1) is 0 Å². The van der Waals surface area contributed by atoms with Crippen molar-refractivity contribution in [2.45, 2.75) is 6.54 Å². The summed E-state index contributed by atoms with van der Waals surface area (Å²) < 4.78 is 1.79. The standard InChI is InChI=1S/C12H13N3O3/c1-15-3-2-13-11(15)7-14-12(18)8-4-9(16)6-10(17)5-8/h2-6,16-17H,7H2,1H3,(H,14,18). The van der Waals surface area contributed by atoms with Crippen LogP contribution < -0.4 is 5.32 Å². The first-order chi connectivity index (χ1) is 8.56. The molecule has 3 N–H and O–H groups in total. The van der Waals surface area contributed by atoms with Gasteiger partial charge in [-0.25, -0.2) is 4.98 Å². The van der Waals surface area contributed by atoms with Crippen LogP contribution in [0.2, 0.25) is 0 Å². The molecule has 0 bridgehead atoms. The normalized spacial score (nSPS) is 10.3. The summed E-state index contributed by atoms with van der Waals surface area (Å²) in [6.07, 6.45) is 3.42. The zero-order valence-corrected chi connectivity index (χ0v) is 9.79. The number of phenolic OH excluding ortho intramolecular Hbond substituents is 2. The van der Waals surface area contributed by atoms with Gasteiger partial charge >= 0.3 is 0 Å². The number of hydrogen-bond donors (Lipinski definition) is 3. The first-order valence-corrected chi connectivity index (χ1v) is 5.33. The summed E-state index contributed by atoms with van der Waals surface area (Å²) in [4.78, 5) is 15.9. The fraction of sp³-hybridized carbons (Fsp3) is 0.167. The number of nitrogens with zero attached hydrogens (tertiary/aromatic N) is 2. The molecule has 94 valence electrons. The highest BCUT2D eigenvalue weighted by atomic mass is 16.3. The summed E-state index contributed by atoms with van der Waals surface area (Å²) in [6.45, 7) is 0.277. The second-order valence-electron chi connectivity index (χ2n) is 3.88. The molecular weight excluding hydrogens is 234 g/mol. The van der Waals surface area contributed by atoms with Crippen LogP contribution in [0.1, 0.15) is 16.2 Å². The van der Waals surface area contributed by atoms with Crippen LogP contribution in [0.25, 0.3) is 0 Å². The molecule has 0 spiro atoms. The SMILES string of the molecule is Cn1ccnc1CNC(=O)c1cc(O)cc(O)c1. The average Bonchev–Trinajstić information content (AvgIpc) is 2.70. The fourth-order valence-corrected chi connectivity index (χ4v) is 1.55. The Labute approximate surface area is 104 Å². The van der Waals surface area contributed by atoms with E-state index in [1.54, 1.807) is 17.0 Å². The van der Waals surface area contributed by atoms with E-state index in [1.807, 2.05) is 7.05 Å². The molecule has 0 atom stereocenters. The number of nitrogens with one attached hydrogen (secondary N) is 1. The van der Waals surface area contributed by atoms with Crippen molar-refractivity contribution in [3.63, 3.8) is 0 Å². The number of aromatic nitrogens is 2. The minimum atomic E-state index is -0.385. The number of hydrogen-bond acceptors (Lipinski definition) is 4. The molecule has 0 aliphatic carbocycles. The van der Waals surface area contributed by atoms with Gasteiger partial charge in [-0.1, -0.05) is 0 Å². The molecule has 2 aromatic rings. The van der Waals surface area contributed by atoms with Gasteiger partial charge in [-0.15, -0.1) is 0 Å². The van der Waals surface area contributed by atoms with Gasteiger partial charge in [0.05, 0.1) is 6.54 Å². The Balaban J connectivity index is 2.06. The highest BCUT2D eigenvalue weighted by molar-refractivity contribution is 5.94. The van der Waals surface area contributed by atoms with Crippen LogP contribution in [0.5, 0.6) is 11.5 Å². The lowest BCUT2D eigenvalue weighted by atomic mass is 10.2. The van der Waals surface area contributed by atoms with Crippen molar-refractivity contribution in [2.24, 2.45) is 7.05 Å². The maximum absolute atomic E-state index is 11.8. The van der Waals surface area contributed by atoms with Crippen molar-refractivity contribution in [1.82, 2.24) is 14.9 Å². The molecule has 6 nitrogen and oxygen atoms in total. The first-order valence-electron chi connectivity index (χ1n) is 5.33. The number of carbonyl (C=O) groups excluding carboxylic acids is 1. The third-order valence-electron chi connectivity index (χ3n) is 2.49. The minimum absolute atomic E-state index is 0.155. The van der Waals surface area contributed by atoms with Crippen molar-refractivity contribution in [1.29, 1.82) is 0 Å². The van der Waals surface area contributed by atoms with E-state index in [2.05, 4.69) is 10.3 Å². The first kappa shape index (κ1) is 12.0. The van der Waals surface area contributed by atoms with Crippen LogP contribution >= 0.6 is 0 Å². The zero-order chi connectivity index (χ0) is 13.1. The second-order valence-corrected chi connectivity index (χ2v) is 3.88. The Morgan fingerprint density at radius 2 is 2.00 bits per heavy atom. The van der Waals surface area contributed by atoms with E-state index in [4.69, 9.17) is 0 Å². The number of benzene rings is 1. The van der Waals surface area contributed by atoms with E-state index in [9.17, 15) is 15.0 Å². The lowest BCUT2D eigenvalue weighted by Crippen LogP contribution is -2.24. The highest BCUT2D eigenvalue weighted by Crippen LogP contribution is 2.20. The van der Waals surface area contributed by atoms with Crippen molar-refractivity contribution in [2.75, 3.05) is 0 Å². The maximum atomic E-state index is 11.8. The second kappa shape index (κ2) is 4.79. The third kappa shape index (κ3) is 2.60. The van der Waals surface area contributed by atoms with Crippen molar-refractivity contribution in [3.8, 4) is 11.5 Å². The quantitative estimate of drug-likeness (QED) is 0.747. The van der Waals surface area contributed by atoms with E-state index in [-0.39, 0.29) is 29.5 Å². The van der Waals surface area contributed by atoms with Gasteiger partial charge in [0.15, 0.2) is 0 Å². The Bertz CT molecular complexity index is 557. The lowest BCUT2D eigenvalue weighted by molar-refractivity contribution is 0.0949. The van der Waals surface area contributed by atoms with Crippen molar-refractivity contribution in [3.05, 3.63) is 42.0 Å². The lowest BCUT2D eigenvalue weighted by Gasteiger charge is -2.06. The van der Waals surface area contributed by atoms with Crippen LogP contribution in [0.3, 0.4) is 0 Å². The van der Waals surface area contributed by atoms with E-state index in [0.717, 1.165) is 6.07 Å². The molecule has 0 unspecified atom stereocenters. The molecule has 0 saturated carbocycles. The molecule has 1 aromatic carbocycles. The van der Waals surface area contributed by atoms with E-state index in [0.29, 0.717) is 5.82 Å². The fourth-order valence-electron chi connectivity index (χ4n) is 1.55. The Kier molecular flexibility index (Phi) is 3.18. The molecule has 18 heavy (non-hydrogen) atoms. The number of phenols is 2. The van der Waals surface area contributed by atoms with Crippen molar-refractivity contribution < 1.29 is 15.0 Å². The predicted octanol–water partition coefficient (Wildman–Crippen LogP) is 0.761. The van der Waals surface area contributed by atoms with Gasteiger partial charge < -0.3 is 20.1 Å². The smallest absolute Gasteiger partial charge is 0.251 e. The Morgan fingerprint density at radius 3 is 2.56 bits per heavy atom. The van der Waals surface area contributed by atoms with E-state index in [1.165, 1.54) is 12.1 Å². The van der Waals surface area contributed by atoms with E-state index < -0.39 is 0 Å². The molecule has 0 aliphatic rings. The molecule has 1 amide bonds. The van der Waals surface area contributed by atoms with Crippen LogP contribution in [-0.2, 0) is 13.6 Å². The number of carbonyl (C=O) groups is 1. The molecule has 0 aliphatic heterocycles. The van der Waals surface area contributed by atoms with Crippen LogP contribution in [0.15, 0.2) is 30.6 Å². The summed E-state index contributed by atoms with van der Waals surface area (Å²) in [7, 11) is 1.83. The van der Waals surface area contributed by atoms with E-state index >= 15 is 0 Å². The molecule has 1 heterocycles. The van der Waals surface area contributed by atoms with Gasteiger partial charge in [-0.05, 0) is 12.1 Å².